The molecule has 8 nitrogen and oxygen atoms in total. The molecular weight excluding hydrogens is 494 g/mol. The van der Waals surface area contributed by atoms with Gasteiger partial charge in [0.25, 0.3) is 5.91 Å². The number of carbonyl (C=O) groups excluding carboxylic acids is 1. The number of oxazole rings is 1. The van der Waals surface area contributed by atoms with Crippen molar-refractivity contribution in [3.8, 4) is 17.1 Å². The molecule has 188 valence electrons. The normalized spacial score (nSPS) is 12.2. The highest BCUT2D eigenvalue weighted by Crippen LogP contribution is 2.34. The maximum absolute atomic E-state index is 13.5. The van der Waals surface area contributed by atoms with Crippen LogP contribution in [-0.2, 0) is 6.42 Å². The minimum atomic E-state index is -0.766. The Morgan fingerprint density at radius 3 is 2.62 bits per heavy atom. The number of benzene rings is 2. The summed E-state index contributed by atoms with van der Waals surface area (Å²) in [5.74, 6) is 0.477. The van der Waals surface area contributed by atoms with Crippen LogP contribution in [0, 0.1) is 13.8 Å². The van der Waals surface area contributed by atoms with Gasteiger partial charge in [0, 0.05) is 23.1 Å². The number of amides is 1. The Kier molecular flexibility index (Phi) is 6.21. The third-order valence-corrected chi connectivity index (χ3v) is 6.40. The lowest BCUT2D eigenvalue weighted by molar-refractivity contribution is 0.0988. The Labute approximate surface area is 217 Å². The molecular formula is C28H24ClN3O5. The lowest BCUT2D eigenvalue weighted by Crippen LogP contribution is -2.17. The molecule has 1 atom stereocenters. The molecule has 2 N–H and O–H groups in total. The number of aryl methyl sites for hydroxylation is 2. The van der Waals surface area contributed by atoms with Gasteiger partial charge >= 0.3 is 0 Å². The molecule has 0 aliphatic carbocycles. The molecule has 37 heavy (non-hydrogen) atoms. The number of hydrogen-bond acceptors (Lipinski definition) is 7. The second-order valence-corrected chi connectivity index (χ2v) is 9.25. The number of carbonyl (C=O) groups is 1. The highest BCUT2D eigenvalue weighted by molar-refractivity contribution is 6.29. The van der Waals surface area contributed by atoms with Crippen LogP contribution in [0.2, 0.25) is 5.15 Å². The fourth-order valence-electron chi connectivity index (χ4n) is 4.36. The molecule has 5 aromatic rings. The van der Waals surface area contributed by atoms with E-state index in [1.165, 1.54) is 12.1 Å². The van der Waals surface area contributed by atoms with Gasteiger partial charge in [-0.1, -0.05) is 18.5 Å². The van der Waals surface area contributed by atoms with Crippen molar-refractivity contribution >= 4 is 39.6 Å². The monoisotopic (exact) mass is 517 g/mol. The van der Waals surface area contributed by atoms with E-state index in [2.05, 4.69) is 9.97 Å². The van der Waals surface area contributed by atoms with Crippen molar-refractivity contribution < 1.29 is 18.4 Å². The zero-order valence-electron chi connectivity index (χ0n) is 20.7. The molecule has 0 radical (unpaired) electrons. The van der Waals surface area contributed by atoms with E-state index >= 15 is 0 Å². The van der Waals surface area contributed by atoms with Crippen molar-refractivity contribution in [2.75, 3.05) is 0 Å². The van der Waals surface area contributed by atoms with Gasteiger partial charge < -0.3 is 19.3 Å². The number of fused-ring (bicyclic) bond motifs is 2. The van der Waals surface area contributed by atoms with E-state index in [1.807, 2.05) is 38.1 Å². The number of hydrogen-bond donors (Lipinski definition) is 1. The van der Waals surface area contributed by atoms with Crippen molar-refractivity contribution in [3.05, 3.63) is 86.1 Å². The zero-order valence-corrected chi connectivity index (χ0v) is 21.5. The summed E-state index contributed by atoms with van der Waals surface area (Å²) in [7, 11) is 0. The molecule has 0 spiro atoms. The molecule has 0 fully saturated rings. The summed E-state index contributed by atoms with van der Waals surface area (Å²) in [6.45, 7) is 7.39. The van der Waals surface area contributed by atoms with Gasteiger partial charge in [-0.2, -0.15) is 0 Å². The highest BCUT2D eigenvalue weighted by Gasteiger charge is 2.22. The summed E-state index contributed by atoms with van der Waals surface area (Å²) in [5.41, 5.74) is 9.65. The predicted octanol–water partition coefficient (Wildman–Crippen LogP) is 6.07. The van der Waals surface area contributed by atoms with E-state index < -0.39 is 12.0 Å². The van der Waals surface area contributed by atoms with E-state index in [0.717, 1.165) is 11.1 Å². The molecule has 0 saturated carbocycles. The molecule has 0 bridgehead atoms. The van der Waals surface area contributed by atoms with Crippen molar-refractivity contribution in [2.24, 2.45) is 5.73 Å². The van der Waals surface area contributed by atoms with Crippen LogP contribution in [0.3, 0.4) is 0 Å². The molecule has 1 amide bonds. The van der Waals surface area contributed by atoms with Gasteiger partial charge in [-0.15, -0.1) is 0 Å². The molecule has 0 unspecified atom stereocenters. The first-order valence-electron chi connectivity index (χ1n) is 11.8. The van der Waals surface area contributed by atoms with Crippen LogP contribution in [0.25, 0.3) is 33.4 Å². The van der Waals surface area contributed by atoms with Crippen LogP contribution < -0.4 is 15.9 Å². The Morgan fingerprint density at radius 2 is 1.89 bits per heavy atom. The summed E-state index contributed by atoms with van der Waals surface area (Å²) >= 11 is 5.93. The van der Waals surface area contributed by atoms with Crippen LogP contribution >= 0.6 is 11.6 Å². The summed E-state index contributed by atoms with van der Waals surface area (Å²) in [5, 5.41) is 0.556. The summed E-state index contributed by atoms with van der Waals surface area (Å²) in [6.07, 6.45) is 0.0565. The third-order valence-electron chi connectivity index (χ3n) is 6.19. The fraction of sp³-hybridized carbons (Fsp3) is 0.214. The molecule has 2 aromatic carbocycles. The Balaban J connectivity index is 1.66. The molecule has 0 aliphatic heterocycles. The van der Waals surface area contributed by atoms with Crippen molar-refractivity contribution in [2.45, 2.75) is 40.2 Å². The highest BCUT2D eigenvalue weighted by atomic mass is 35.5. The topological polar surface area (TPSA) is 121 Å². The zero-order chi connectivity index (χ0) is 26.4. The van der Waals surface area contributed by atoms with Gasteiger partial charge in [-0.05, 0) is 68.8 Å². The minimum Gasteiger partial charge on any atom is -0.483 e. The number of nitrogens with two attached hydrogens (primary N) is 1. The standard InChI is InChI=1S/C28H24ClN3O5/c1-5-23-31-19-7-6-16(12-21(19)36-23)26-14(3)25(33)18-11-13(2)10-17(27(18)37-26)15(4)35-20-8-9-22(29)32-24(20)28(30)34/h6-12,15H,5H2,1-4H3,(H2,30,34)/t15-/m1/s1. The first kappa shape index (κ1) is 24.5. The van der Waals surface area contributed by atoms with Gasteiger partial charge in [-0.3, -0.25) is 9.59 Å². The van der Waals surface area contributed by atoms with Gasteiger partial charge in [-0.25, -0.2) is 9.97 Å². The number of pyridine rings is 1. The number of primary amides is 1. The van der Waals surface area contributed by atoms with Gasteiger partial charge in [0.15, 0.2) is 28.3 Å². The van der Waals surface area contributed by atoms with Crippen molar-refractivity contribution in [3.63, 3.8) is 0 Å². The van der Waals surface area contributed by atoms with Gasteiger partial charge in [0.2, 0.25) is 0 Å². The Bertz CT molecular complexity index is 1760. The van der Waals surface area contributed by atoms with Crippen molar-refractivity contribution in [1.29, 1.82) is 0 Å². The summed E-state index contributed by atoms with van der Waals surface area (Å²) in [4.78, 5) is 33.8. The number of rotatable bonds is 6. The summed E-state index contributed by atoms with van der Waals surface area (Å²) < 4.78 is 18.3. The molecule has 0 saturated heterocycles. The molecule has 5 rings (SSSR count). The van der Waals surface area contributed by atoms with Crippen LogP contribution in [0.4, 0.5) is 0 Å². The van der Waals surface area contributed by atoms with Gasteiger partial charge in [0.1, 0.15) is 28.1 Å². The predicted molar refractivity (Wildman–Crippen MR) is 141 cm³/mol. The Morgan fingerprint density at radius 1 is 1.11 bits per heavy atom. The average molecular weight is 518 g/mol. The quantitative estimate of drug-likeness (QED) is 0.271. The molecule has 0 aliphatic rings. The van der Waals surface area contributed by atoms with Crippen LogP contribution in [-0.4, -0.2) is 15.9 Å². The second-order valence-electron chi connectivity index (χ2n) is 8.86. The van der Waals surface area contributed by atoms with Gasteiger partial charge in [0.05, 0.1) is 5.39 Å². The van der Waals surface area contributed by atoms with Crippen LogP contribution in [0.15, 0.2) is 56.1 Å². The van der Waals surface area contributed by atoms with E-state index in [1.54, 1.807) is 19.9 Å². The fourth-order valence-corrected chi connectivity index (χ4v) is 4.51. The maximum Gasteiger partial charge on any atom is 0.271 e. The van der Waals surface area contributed by atoms with E-state index in [-0.39, 0.29) is 22.0 Å². The van der Waals surface area contributed by atoms with E-state index in [4.69, 9.17) is 30.9 Å². The number of aromatic nitrogens is 2. The molecule has 3 aromatic heterocycles. The lowest BCUT2D eigenvalue weighted by Gasteiger charge is -2.19. The van der Waals surface area contributed by atoms with E-state index in [9.17, 15) is 9.59 Å². The number of ether oxygens (including phenoxy) is 1. The second kappa shape index (κ2) is 9.37. The third kappa shape index (κ3) is 4.44. The average Bonchev–Trinajstić information content (AvgIpc) is 3.29. The first-order valence-corrected chi connectivity index (χ1v) is 12.1. The van der Waals surface area contributed by atoms with Crippen LogP contribution in [0.1, 0.15) is 53.0 Å². The minimum absolute atomic E-state index is 0.0823. The maximum atomic E-state index is 13.5. The Hall–Kier alpha value is -4.17. The van der Waals surface area contributed by atoms with Crippen molar-refractivity contribution in [1.82, 2.24) is 9.97 Å². The SMILES string of the molecule is CCc1nc2ccc(-c3oc4c([C@@H](C)Oc5ccc(Cl)nc5C(N)=O)cc(C)cc4c(=O)c3C)cc2o1. The summed E-state index contributed by atoms with van der Waals surface area (Å²) in [6, 6.07) is 12.2. The largest absolute Gasteiger partial charge is 0.483 e. The smallest absolute Gasteiger partial charge is 0.271 e. The first-order chi connectivity index (χ1) is 17.7. The number of nitrogens with zero attached hydrogens (tertiary/aromatic N) is 2. The molecule has 3 heterocycles. The van der Waals surface area contributed by atoms with E-state index in [0.29, 0.717) is 51.3 Å². The van der Waals surface area contributed by atoms with Crippen LogP contribution in [0.5, 0.6) is 5.75 Å². The number of halogens is 1. The lowest BCUT2D eigenvalue weighted by atomic mass is 10.00. The molecule has 9 heteroatoms.